The summed E-state index contributed by atoms with van der Waals surface area (Å²) in [6.45, 7) is 5.53. The summed E-state index contributed by atoms with van der Waals surface area (Å²) in [6.07, 6.45) is 0. The molecule has 154 valence electrons. The molecule has 0 amide bonds. The van der Waals surface area contributed by atoms with Gasteiger partial charge in [-0.2, -0.15) is 7.82 Å². The minimum Gasteiger partial charge on any atom is -0.822 e. The molecule has 0 aliphatic carbocycles. The predicted molar refractivity (Wildman–Crippen MR) is 79.0 cm³/mol. The van der Waals surface area contributed by atoms with Gasteiger partial charge in [-0.15, -0.1) is 0 Å². The summed E-state index contributed by atoms with van der Waals surface area (Å²) in [7, 11) is -5.39. The van der Waals surface area contributed by atoms with Crippen molar-refractivity contribution in [3.63, 3.8) is 0 Å². The first-order valence-corrected chi connectivity index (χ1v) is 7.22. The predicted octanol–water partition coefficient (Wildman–Crippen LogP) is -12.5. The van der Waals surface area contributed by atoms with E-state index in [0.717, 1.165) is 27.7 Å². The molecule has 0 saturated heterocycles. The third-order valence-electron chi connectivity index (χ3n) is 0.167. The minimum absolute atomic E-state index is 0. The Morgan fingerprint density at radius 3 is 0.679 bits per heavy atom. The Morgan fingerprint density at radius 1 is 0.643 bits per heavy atom. The minimum atomic E-state index is -5.39. The number of hydrogen-bond acceptors (Lipinski definition) is 10. The molecule has 18 heteroatoms. The Morgan fingerprint density at radius 2 is 0.679 bits per heavy atom. The van der Waals surface area contributed by atoms with Gasteiger partial charge < -0.3 is 51.1 Å². The normalized spacial score (nSPS) is 6.75. The number of aliphatic carboxylic acids is 4. The second kappa shape index (κ2) is 46.2. The second-order valence-corrected chi connectivity index (χ2v) is 4.00. The van der Waals surface area contributed by atoms with Gasteiger partial charge in [-0.05, 0) is 0 Å². The van der Waals surface area contributed by atoms with Gasteiger partial charge in [0.1, 0.15) is 0 Å². The van der Waals surface area contributed by atoms with Crippen molar-refractivity contribution in [2.45, 2.75) is 27.7 Å². The zero-order valence-corrected chi connectivity index (χ0v) is 24.0. The van der Waals surface area contributed by atoms with Crippen LogP contribution in [0.2, 0.25) is 0 Å². The molecule has 0 bridgehead atoms. The molecular formula is C10H24N2Na3O12P. The van der Waals surface area contributed by atoms with E-state index in [2.05, 4.69) is 0 Å². The summed E-state index contributed by atoms with van der Waals surface area (Å²) in [5.74, 6) is -3.33. The molecule has 0 spiro atoms. The van der Waals surface area contributed by atoms with Crippen LogP contribution in [0, 0.1) is 0 Å². The van der Waals surface area contributed by atoms with Crippen molar-refractivity contribution in [3.05, 3.63) is 0 Å². The van der Waals surface area contributed by atoms with Gasteiger partial charge >= 0.3 is 88.7 Å². The molecule has 28 heavy (non-hydrogen) atoms. The molecule has 0 aliphatic rings. The molecule has 0 rings (SSSR count). The molecule has 0 aromatic heterocycles. The summed E-state index contributed by atoms with van der Waals surface area (Å²) >= 11 is 0. The number of carboxylic acid groups (broad SMARTS) is 4. The van der Waals surface area contributed by atoms with Gasteiger partial charge in [-0.1, -0.05) is 0 Å². The van der Waals surface area contributed by atoms with Crippen LogP contribution in [0.5, 0.6) is 0 Å². The molecule has 0 fully saturated rings. The molecule has 0 aromatic rings. The fraction of sp³-hybridized carbons (Fsp3) is 0.600. The summed E-state index contributed by atoms with van der Waals surface area (Å²) < 4.78 is 8.55. The van der Waals surface area contributed by atoms with E-state index in [1.165, 1.54) is 0 Å². The largest absolute Gasteiger partial charge is 1.00 e. The van der Waals surface area contributed by atoms with Crippen molar-refractivity contribution in [3.8, 4) is 0 Å². The summed E-state index contributed by atoms with van der Waals surface area (Å²) in [5.41, 5.74) is 9.81. The van der Waals surface area contributed by atoms with Crippen molar-refractivity contribution < 1.29 is 148 Å². The van der Waals surface area contributed by atoms with Gasteiger partial charge in [-0.25, -0.2) is 0 Å². The van der Waals surface area contributed by atoms with Crippen LogP contribution in [-0.2, 0) is 23.7 Å². The Labute approximate surface area is 229 Å². The van der Waals surface area contributed by atoms with Crippen LogP contribution in [0.1, 0.15) is 27.7 Å². The number of carbonyl (C=O) groups is 4. The monoisotopic (exact) mass is 464 g/mol. The standard InChI is InChI=1S/C2H8N2.4C2H4O2.3Na.H3O4P/c3-1-2-4;4*1-2(3)4;;;;1-5(2,3)4/h1-4H2;4*1H3,(H,3,4);;;;(H3,1,2,3,4)/q;;;;;3*+1;/p-3. The Balaban J connectivity index is -0.0000000217. The van der Waals surface area contributed by atoms with Gasteiger partial charge in [0.2, 0.25) is 0 Å². The molecule has 0 aliphatic heterocycles. The van der Waals surface area contributed by atoms with E-state index in [0.29, 0.717) is 13.1 Å². The maximum atomic E-state index is 9.00. The topological polar surface area (TPSA) is 287 Å². The Hall–Kier alpha value is 0.910. The van der Waals surface area contributed by atoms with Gasteiger partial charge in [0.25, 0.3) is 23.9 Å². The molecule has 0 aromatic carbocycles. The summed E-state index contributed by atoms with van der Waals surface area (Å²) in [6, 6.07) is 0. The fourth-order valence-corrected chi connectivity index (χ4v) is 0. The van der Waals surface area contributed by atoms with Crippen molar-refractivity contribution in [2.24, 2.45) is 11.5 Å². The molecule has 0 radical (unpaired) electrons. The fourth-order valence-electron chi connectivity index (χ4n) is 0. The first kappa shape index (κ1) is 56.8. The van der Waals surface area contributed by atoms with Crippen molar-refractivity contribution in [1.29, 1.82) is 0 Å². The number of phosphoric acid groups is 1. The maximum absolute atomic E-state index is 9.00. The SMILES string of the molecule is CC(=O)O.CC(=O)O.CC(=O)O.CC(=O)O.NCCN.O=P([O-])([O-])[O-].[Na+].[Na+].[Na+]. The molecule has 0 heterocycles. The molecule has 8 N–H and O–H groups in total. The van der Waals surface area contributed by atoms with Crippen molar-refractivity contribution in [2.75, 3.05) is 13.1 Å². The third-order valence-corrected chi connectivity index (χ3v) is 0.167. The zero-order valence-electron chi connectivity index (χ0n) is 17.1. The molecule has 14 nitrogen and oxygen atoms in total. The molecular weight excluding hydrogens is 440 g/mol. The van der Waals surface area contributed by atoms with Crippen LogP contribution in [-0.4, -0.2) is 57.4 Å². The smallest absolute Gasteiger partial charge is 0.822 e. The number of hydrogen-bond donors (Lipinski definition) is 6. The van der Waals surface area contributed by atoms with E-state index in [9.17, 15) is 0 Å². The van der Waals surface area contributed by atoms with Gasteiger partial charge in [0.15, 0.2) is 0 Å². The van der Waals surface area contributed by atoms with Gasteiger partial charge in [-0.3, -0.25) is 19.2 Å². The summed E-state index contributed by atoms with van der Waals surface area (Å²) in [5, 5.41) is 29.7. The van der Waals surface area contributed by atoms with E-state index in [4.69, 9.17) is 70.3 Å². The van der Waals surface area contributed by atoms with Crippen LogP contribution in [0.25, 0.3) is 0 Å². The van der Waals surface area contributed by atoms with E-state index in [-0.39, 0.29) is 88.7 Å². The first-order valence-electron chi connectivity index (χ1n) is 5.76. The maximum Gasteiger partial charge on any atom is 1.00 e. The van der Waals surface area contributed by atoms with Crippen LogP contribution < -0.4 is 115 Å². The second-order valence-electron chi connectivity index (χ2n) is 3.10. The quantitative estimate of drug-likeness (QED) is 0.155. The first-order chi connectivity index (χ1) is 10.8. The Bertz CT molecular complexity index is 322. The Kier molecular flexibility index (Phi) is 93.8. The van der Waals surface area contributed by atoms with E-state index in [1.54, 1.807) is 0 Å². The average molecular weight is 464 g/mol. The molecule has 0 saturated carbocycles. The van der Waals surface area contributed by atoms with Crippen molar-refractivity contribution in [1.82, 2.24) is 0 Å². The van der Waals surface area contributed by atoms with Crippen LogP contribution in [0.15, 0.2) is 0 Å². The zero-order chi connectivity index (χ0) is 22.2. The third kappa shape index (κ3) is 4950. The average Bonchev–Trinajstić information content (AvgIpc) is 2.22. The van der Waals surface area contributed by atoms with E-state index >= 15 is 0 Å². The summed E-state index contributed by atoms with van der Waals surface area (Å²) in [4.78, 5) is 61.6. The molecule has 0 unspecified atom stereocenters. The van der Waals surface area contributed by atoms with Gasteiger partial charge in [0.05, 0.1) is 0 Å². The van der Waals surface area contributed by atoms with Crippen LogP contribution in [0.4, 0.5) is 0 Å². The van der Waals surface area contributed by atoms with Crippen LogP contribution in [0.3, 0.4) is 0 Å². The number of rotatable bonds is 1. The molecule has 0 atom stereocenters. The number of carboxylic acids is 4. The number of nitrogens with two attached hydrogens (primary N) is 2. The van der Waals surface area contributed by atoms with E-state index in [1.807, 2.05) is 0 Å². The van der Waals surface area contributed by atoms with E-state index < -0.39 is 31.7 Å². The van der Waals surface area contributed by atoms with Crippen LogP contribution >= 0.6 is 7.82 Å². The van der Waals surface area contributed by atoms with Gasteiger partial charge in [0, 0.05) is 40.8 Å². The van der Waals surface area contributed by atoms with Crippen molar-refractivity contribution >= 4 is 31.7 Å².